The van der Waals surface area contributed by atoms with Gasteiger partial charge in [0.05, 0.1) is 31.3 Å². The van der Waals surface area contributed by atoms with Crippen molar-refractivity contribution < 1.29 is 14.2 Å². The first-order valence-corrected chi connectivity index (χ1v) is 7.02. The van der Waals surface area contributed by atoms with E-state index in [1.165, 1.54) is 4.68 Å². The molecule has 0 aliphatic carbocycles. The van der Waals surface area contributed by atoms with Gasteiger partial charge >= 0.3 is 0 Å². The summed E-state index contributed by atoms with van der Waals surface area (Å²) in [6.07, 6.45) is 3.18. The Morgan fingerprint density at radius 3 is 3.00 bits per heavy atom. The molecule has 1 fully saturated rings. The lowest BCUT2D eigenvalue weighted by atomic mass is 10.2. The van der Waals surface area contributed by atoms with Crippen LogP contribution in [0.4, 0.5) is 5.95 Å². The van der Waals surface area contributed by atoms with E-state index in [4.69, 9.17) is 19.9 Å². The van der Waals surface area contributed by atoms with Crippen LogP contribution in [0.3, 0.4) is 0 Å². The molecule has 1 aliphatic heterocycles. The molecule has 2 aromatic rings. The molecular weight excluding hydrogens is 284 g/mol. The molecule has 1 aliphatic rings. The second-order valence-corrected chi connectivity index (χ2v) is 4.88. The Hall–Kier alpha value is -2.38. The van der Waals surface area contributed by atoms with Gasteiger partial charge in [-0.15, -0.1) is 0 Å². The van der Waals surface area contributed by atoms with Gasteiger partial charge in [-0.05, 0) is 24.6 Å². The Balaban J connectivity index is 1.64. The maximum atomic E-state index is 5.74. The van der Waals surface area contributed by atoms with E-state index in [0.717, 1.165) is 17.0 Å². The number of nitrogens with two attached hydrogens (primary N) is 1. The Bertz CT molecular complexity index is 663. The van der Waals surface area contributed by atoms with Crippen LogP contribution in [0.25, 0.3) is 0 Å². The summed E-state index contributed by atoms with van der Waals surface area (Å²) in [6, 6.07) is 7.59. The molecular formula is C15H18N4O3. The van der Waals surface area contributed by atoms with Crippen LogP contribution in [0.5, 0.6) is 5.75 Å². The van der Waals surface area contributed by atoms with Crippen molar-refractivity contribution in [3.05, 3.63) is 41.7 Å². The summed E-state index contributed by atoms with van der Waals surface area (Å²) in [5.74, 6) is 1.09. The van der Waals surface area contributed by atoms with Crippen LogP contribution in [0.2, 0.25) is 0 Å². The van der Waals surface area contributed by atoms with E-state index in [2.05, 4.69) is 10.1 Å². The second kappa shape index (κ2) is 6.59. The molecule has 0 unspecified atom stereocenters. The normalized spacial score (nSPS) is 15.7. The zero-order valence-corrected chi connectivity index (χ0v) is 12.3. The first kappa shape index (κ1) is 14.6. The van der Waals surface area contributed by atoms with Crippen molar-refractivity contribution in [3.8, 4) is 5.75 Å². The van der Waals surface area contributed by atoms with Gasteiger partial charge in [0.1, 0.15) is 12.4 Å². The van der Waals surface area contributed by atoms with Crippen LogP contribution in [0.1, 0.15) is 11.3 Å². The molecule has 1 aromatic carbocycles. The van der Waals surface area contributed by atoms with E-state index in [-0.39, 0.29) is 6.29 Å². The third-order valence-electron chi connectivity index (χ3n) is 3.10. The minimum Gasteiger partial charge on any atom is -0.488 e. The zero-order valence-electron chi connectivity index (χ0n) is 12.3. The summed E-state index contributed by atoms with van der Waals surface area (Å²) < 4.78 is 17.8. The van der Waals surface area contributed by atoms with Crippen molar-refractivity contribution >= 4 is 12.2 Å². The van der Waals surface area contributed by atoms with Crippen LogP contribution in [-0.2, 0) is 9.47 Å². The van der Waals surface area contributed by atoms with Gasteiger partial charge in [-0.1, -0.05) is 12.1 Å². The number of benzene rings is 1. The highest BCUT2D eigenvalue weighted by Gasteiger charge is 2.16. The Morgan fingerprint density at radius 1 is 1.45 bits per heavy atom. The van der Waals surface area contributed by atoms with Crippen LogP contribution in [-0.4, -0.2) is 42.0 Å². The summed E-state index contributed by atoms with van der Waals surface area (Å²) in [4.78, 5) is 4.09. The Labute approximate surface area is 128 Å². The van der Waals surface area contributed by atoms with Crippen molar-refractivity contribution in [1.82, 2.24) is 9.66 Å². The lowest BCUT2D eigenvalue weighted by Gasteiger charge is -2.11. The van der Waals surface area contributed by atoms with E-state index in [9.17, 15) is 0 Å². The molecule has 1 saturated heterocycles. The Morgan fingerprint density at radius 2 is 2.27 bits per heavy atom. The van der Waals surface area contributed by atoms with E-state index >= 15 is 0 Å². The number of hydrogen-bond acceptors (Lipinski definition) is 6. The van der Waals surface area contributed by atoms with Gasteiger partial charge in [0.25, 0.3) is 0 Å². The number of nitrogen functional groups attached to an aromatic ring is 1. The zero-order chi connectivity index (χ0) is 15.4. The number of imidazole rings is 1. The first-order chi connectivity index (χ1) is 10.7. The molecule has 3 rings (SSSR count). The average molecular weight is 302 g/mol. The molecule has 0 atom stereocenters. The molecule has 0 bridgehead atoms. The third kappa shape index (κ3) is 3.63. The van der Waals surface area contributed by atoms with Crippen LogP contribution in [0.15, 0.2) is 35.6 Å². The van der Waals surface area contributed by atoms with Crippen LogP contribution in [0, 0.1) is 6.92 Å². The molecule has 7 nitrogen and oxygen atoms in total. The number of aromatic nitrogens is 2. The Kier molecular flexibility index (Phi) is 4.36. The van der Waals surface area contributed by atoms with E-state index in [1.54, 1.807) is 12.4 Å². The average Bonchev–Trinajstić information content (AvgIpc) is 3.13. The predicted molar refractivity (Wildman–Crippen MR) is 82.0 cm³/mol. The topological polar surface area (TPSA) is 83.9 Å². The van der Waals surface area contributed by atoms with Crippen molar-refractivity contribution in [3.63, 3.8) is 0 Å². The molecule has 2 heterocycles. The minimum absolute atomic E-state index is 0.286. The highest BCUT2D eigenvalue weighted by atomic mass is 16.7. The van der Waals surface area contributed by atoms with Gasteiger partial charge in [0.15, 0.2) is 6.29 Å². The van der Waals surface area contributed by atoms with Crippen molar-refractivity contribution in [2.45, 2.75) is 13.2 Å². The smallest absolute Gasteiger partial charge is 0.221 e. The van der Waals surface area contributed by atoms with E-state index in [0.29, 0.717) is 25.8 Å². The summed E-state index contributed by atoms with van der Waals surface area (Å²) in [6.45, 7) is 3.47. The minimum atomic E-state index is -0.286. The fraction of sp³-hybridized carbons (Fsp3) is 0.333. The van der Waals surface area contributed by atoms with Gasteiger partial charge in [-0.3, -0.25) is 0 Å². The van der Waals surface area contributed by atoms with Gasteiger partial charge < -0.3 is 19.9 Å². The lowest BCUT2D eigenvalue weighted by Crippen LogP contribution is -2.18. The van der Waals surface area contributed by atoms with Crippen molar-refractivity contribution in [2.75, 3.05) is 25.6 Å². The molecule has 0 saturated carbocycles. The second-order valence-electron chi connectivity index (χ2n) is 4.88. The van der Waals surface area contributed by atoms with E-state index in [1.807, 2.05) is 31.2 Å². The number of anilines is 1. The molecule has 1 aromatic heterocycles. The number of ether oxygens (including phenoxy) is 3. The van der Waals surface area contributed by atoms with E-state index < -0.39 is 0 Å². The van der Waals surface area contributed by atoms with Crippen LogP contribution < -0.4 is 10.5 Å². The SMILES string of the molecule is Cc1cn(N=Cc2cccc(OCC3OCCO3)c2)c(N)n1. The molecule has 22 heavy (non-hydrogen) atoms. The quantitative estimate of drug-likeness (QED) is 0.844. The lowest BCUT2D eigenvalue weighted by molar-refractivity contribution is -0.0684. The fourth-order valence-electron chi connectivity index (χ4n) is 2.08. The number of aryl methyl sites for hydroxylation is 1. The standard InChI is InChI=1S/C15H18N4O3/c1-11-9-19(15(16)18-11)17-8-12-3-2-4-13(7-12)22-10-14-20-5-6-21-14/h2-4,7-9,14H,5-6,10H2,1H3,(H2,16,18). The molecule has 7 heteroatoms. The van der Waals surface area contributed by atoms with Crippen molar-refractivity contribution in [2.24, 2.45) is 5.10 Å². The van der Waals surface area contributed by atoms with Gasteiger partial charge in [0.2, 0.25) is 5.95 Å². The maximum absolute atomic E-state index is 5.74. The molecule has 2 N–H and O–H groups in total. The number of hydrogen-bond donors (Lipinski definition) is 1. The molecule has 116 valence electrons. The number of nitrogens with zero attached hydrogens (tertiary/aromatic N) is 3. The maximum Gasteiger partial charge on any atom is 0.221 e. The first-order valence-electron chi connectivity index (χ1n) is 7.02. The van der Waals surface area contributed by atoms with Gasteiger partial charge in [-0.25, -0.2) is 9.66 Å². The highest BCUT2D eigenvalue weighted by Crippen LogP contribution is 2.14. The van der Waals surface area contributed by atoms with Crippen LogP contribution >= 0.6 is 0 Å². The molecule has 0 spiro atoms. The van der Waals surface area contributed by atoms with Gasteiger partial charge in [0, 0.05) is 0 Å². The summed E-state index contributed by atoms with van der Waals surface area (Å²) in [5, 5.41) is 4.27. The molecule has 0 radical (unpaired) electrons. The summed E-state index contributed by atoms with van der Waals surface area (Å²) >= 11 is 0. The summed E-state index contributed by atoms with van der Waals surface area (Å²) in [7, 11) is 0. The predicted octanol–water partition coefficient (Wildman–Crippen LogP) is 1.41. The highest BCUT2D eigenvalue weighted by molar-refractivity contribution is 5.80. The van der Waals surface area contributed by atoms with Crippen molar-refractivity contribution in [1.29, 1.82) is 0 Å². The van der Waals surface area contributed by atoms with Gasteiger partial charge in [-0.2, -0.15) is 5.10 Å². The molecule has 0 amide bonds. The largest absolute Gasteiger partial charge is 0.488 e. The third-order valence-corrected chi connectivity index (χ3v) is 3.10. The fourth-order valence-corrected chi connectivity index (χ4v) is 2.08. The monoisotopic (exact) mass is 302 g/mol. The summed E-state index contributed by atoms with van der Waals surface area (Å²) in [5.41, 5.74) is 7.46. The number of rotatable bonds is 5.